The first-order valence-electron chi connectivity index (χ1n) is 4.15. The Kier molecular flexibility index (Phi) is 2.65. The Bertz CT molecular complexity index is 271. The van der Waals surface area contributed by atoms with Crippen LogP contribution in [0, 0.1) is 0 Å². The lowest BCUT2D eigenvalue weighted by molar-refractivity contribution is -0.134. The number of carbonyl (C=O) groups is 2. The molecule has 0 fully saturated rings. The van der Waals surface area contributed by atoms with E-state index in [2.05, 4.69) is 5.10 Å². The molecular formula is C8H12N2O3. The fraction of sp³-hybridized carbons (Fsp3) is 0.625. The predicted molar refractivity (Wildman–Crippen MR) is 46.3 cm³/mol. The Hall–Kier alpha value is -1.39. The van der Waals surface area contributed by atoms with Crippen LogP contribution in [0.2, 0.25) is 0 Å². The maximum Gasteiger partial charge on any atom is 0.352 e. The molecule has 0 aromatic rings. The first-order chi connectivity index (χ1) is 6.02. The van der Waals surface area contributed by atoms with Crippen molar-refractivity contribution >= 4 is 17.6 Å². The SMILES string of the molecule is CC(C)N1N=C(C(=O)O)CCC1=O. The van der Waals surface area contributed by atoms with Crippen LogP contribution in [0.3, 0.4) is 0 Å². The molecule has 0 unspecified atom stereocenters. The molecule has 1 aliphatic heterocycles. The van der Waals surface area contributed by atoms with E-state index >= 15 is 0 Å². The van der Waals surface area contributed by atoms with E-state index in [1.54, 1.807) is 13.8 Å². The summed E-state index contributed by atoms with van der Waals surface area (Å²) in [6.45, 7) is 3.60. The maximum absolute atomic E-state index is 11.2. The average molecular weight is 184 g/mol. The second-order valence-corrected chi connectivity index (χ2v) is 3.18. The van der Waals surface area contributed by atoms with Crippen LogP contribution in [0.5, 0.6) is 0 Å². The zero-order valence-electron chi connectivity index (χ0n) is 7.65. The van der Waals surface area contributed by atoms with E-state index in [-0.39, 0.29) is 30.5 Å². The highest BCUT2D eigenvalue weighted by Gasteiger charge is 2.25. The molecule has 0 bridgehead atoms. The Morgan fingerprint density at radius 3 is 2.62 bits per heavy atom. The van der Waals surface area contributed by atoms with Gasteiger partial charge in [0.05, 0.1) is 0 Å². The molecule has 0 saturated heterocycles. The van der Waals surface area contributed by atoms with E-state index in [1.165, 1.54) is 5.01 Å². The number of rotatable bonds is 2. The van der Waals surface area contributed by atoms with Crippen molar-refractivity contribution in [1.82, 2.24) is 5.01 Å². The molecule has 0 aromatic carbocycles. The van der Waals surface area contributed by atoms with Gasteiger partial charge in [-0.05, 0) is 13.8 Å². The smallest absolute Gasteiger partial charge is 0.352 e. The van der Waals surface area contributed by atoms with Crippen LogP contribution in [0.4, 0.5) is 0 Å². The molecule has 0 aliphatic carbocycles. The Morgan fingerprint density at radius 1 is 1.54 bits per heavy atom. The molecule has 0 aromatic heterocycles. The molecular weight excluding hydrogens is 172 g/mol. The Morgan fingerprint density at radius 2 is 2.15 bits per heavy atom. The van der Waals surface area contributed by atoms with Crippen LogP contribution < -0.4 is 0 Å². The monoisotopic (exact) mass is 184 g/mol. The van der Waals surface area contributed by atoms with E-state index in [0.29, 0.717) is 0 Å². The molecule has 0 atom stereocenters. The standard InChI is InChI=1S/C8H12N2O3/c1-5(2)10-7(11)4-3-6(9-10)8(12)13/h5H,3-4H2,1-2H3,(H,12,13). The van der Waals surface area contributed by atoms with Crippen LogP contribution in [0.1, 0.15) is 26.7 Å². The second kappa shape index (κ2) is 3.55. The van der Waals surface area contributed by atoms with Gasteiger partial charge in [-0.2, -0.15) is 5.10 Å². The molecule has 5 nitrogen and oxygen atoms in total. The topological polar surface area (TPSA) is 70.0 Å². The lowest BCUT2D eigenvalue weighted by Gasteiger charge is -2.25. The maximum atomic E-state index is 11.2. The Labute approximate surface area is 76.0 Å². The van der Waals surface area contributed by atoms with Crippen molar-refractivity contribution < 1.29 is 14.7 Å². The summed E-state index contributed by atoms with van der Waals surface area (Å²) >= 11 is 0. The highest BCUT2D eigenvalue weighted by atomic mass is 16.4. The van der Waals surface area contributed by atoms with E-state index < -0.39 is 5.97 Å². The van der Waals surface area contributed by atoms with E-state index in [0.717, 1.165) is 0 Å². The minimum Gasteiger partial charge on any atom is -0.477 e. The largest absolute Gasteiger partial charge is 0.477 e. The summed E-state index contributed by atoms with van der Waals surface area (Å²) in [4.78, 5) is 21.8. The second-order valence-electron chi connectivity index (χ2n) is 3.18. The number of hydrogen-bond donors (Lipinski definition) is 1. The number of carbonyl (C=O) groups excluding carboxylic acids is 1. The molecule has 1 aliphatic rings. The molecule has 0 saturated carbocycles. The number of hydrogen-bond acceptors (Lipinski definition) is 3. The van der Waals surface area contributed by atoms with Crippen LogP contribution in [-0.2, 0) is 9.59 Å². The summed E-state index contributed by atoms with van der Waals surface area (Å²) in [6, 6.07) is -0.0813. The van der Waals surface area contributed by atoms with Crippen molar-refractivity contribution in [2.24, 2.45) is 5.10 Å². The molecule has 1 N–H and O–H groups in total. The lowest BCUT2D eigenvalue weighted by atomic mass is 10.1. The molecule has 0 radical (unpaired) electrons. The van der Waals surface area contributed by atoms with Gasteiger partial charge in [-0.15, -0.1) is 0 Å². The van der Waals surface area contributed by atoms with E-state index in [4.69, 9.17) is 5.11 Å². The zero-order valence-corrected chi connectivity index (χ0v) is 7.65. The van der Waals surface area contributed by atoms with Gasteiger partial charge >= 0.3 is 5.97 Å². The number of aliphatic carboxylic acids is 1. The normalized spacial score (nSPS) is 17.6. The van der Waals surface area contributed by atoms with E-state index in [9.17, 15) is 9.59 Å². The van der Waals surface area contributed by atoms with Gasteiger partial charge in [0.2, 0.25) is 5.91 Å². The third-order valence-corrected chi connectivity index (χ3v) is 1.80. The van der Waals surface area contributed by atoms with Crippen LogP contribution in [-0.4, -0.2) is 33.7 Å². The number of carboxylic acids is 1. The highest BCUT2D eigenvalue weighted by molar-refractivity contribution is 6.36. The third-order valence-electron chi connectivity index (χ3n) is 1.80. The predicted octanol–water partition coefficient (Wildman–Crippen LogP) is 0.458. The lowest BCUT2D eigenvalue weighted by Crippen LogP contribution is -2.38. The summed E-state index contributed by atoms with van der Waals surface area (Å²) in [5, 5.41) is 13.6. The number of amides is 1. The third kappa shape index (κ3) is 2.05. The van der Waals surface area contributed by atoms with Crippen molar-refractivity contribution in [2.75, 3.05) is 0 Å². The molecule has 72 valence electrons. The van der Waals surface area contributed by atoms with Gasteiger partial charge in [0.15, 0.2) is 0 Å². The van der Waals surface area contributed by atoms with Crippen molar-refractivity contribution in [2.45, 2.75) is 32.7 Å². The average Bonchev–Trinajstić information content (AvgIpc) is 2.04. The van der Waals surface area contributed by atoms with Gasteiger partial charge in [-0.3, -0.25) is 4.79 Å². The van der Waals surface area contributed by atoms with Crippen LogP contribution in [0.15, 0.2) is 5.10 Å². The minimum atomic E-state index is -1.04. The fourth-order valence-electron chi connectivity index (χ4n) is 1.13. The van der Waals surface area contributed by atoms with Gasteiger partial charge in [-0.1, -0.05) is 0 Å². The summed E-state index contributed by atoms with van der Waals surface area (Å²) in [6.07, 6.45) is 0.473. The summed E-state index contributed by atoms with van der Waals surface area (Å²) in [5.74, 6) is -1.15. The van der Waals surface area contributed by atoms with Crippen LogP contribution >= 0.6 is 0 Å². The molecule has 1 heterocycles. The van der Waals surface area contributed by atoms with Gasteiger partial charge in [0.25, 0.3) is 0 Å². The molecule has 1 rings (SSSR count). The van der Waals surface area contributed by atoms with Gasteiger partial charge in [0, 0.05) is 18.9 Å². The Balaban J connectivity index is 2.87. The first-order valence-corrected chi connectivity index (χ1v) is 4.15. The quantitative estimate of drug-likeness (QED) is 0.677. The molecule has 1 amide bonds. The van der Waals surface area contributed by atoms with Crippen molar-refractivity contribution in [3.8, 4) is 0 Å². The highest BCUT2D eigenvalue weighted by Crippen LogP contribution is 2.12. The number of hydrazone groups is 1. The summed E-state index contributed by atoms with van der Waals surface area (Å²) in [5.41, 5.74) is 0.0632. The van der Waals surface area contributed by atoms with Crippen molar-refractivity contribution in [1.29, 1.82) is 0 Å². The zero-order chi connectivity index (χ0) is 10.0. The van der Waals surface area contributed by atoms with E-state index in [1.807, 2.05) is 0 Å². The van der Waals surface area contributed by atoms with Gasteiger partial charge in [-0.25, -0.2) is 9.80 Å². The van der Waals surface area contributed by atoms with Crippen molar-refractivity contribution in [3.63, 3.8) is 0 Å². The first kappa shape index (κ1) is 9.70. The number of nitrogens with zero attached hydrogens (tertiary/aromatic N) is 2. The summed E-state index contributed by atoms with van der Waals surface area (Å²) in [7, 11) is 0. The minimum absolute atomic E-state index is 0.0632. The molecule has 5 heteroatoms. The van der Waals surface area contributed by atoms with Gasteiger partial charge < -0.3 is 5.11 Å². The molecule has 0 spiro atoms. The number of carboxylic acid groups (broad SMARTS) is 1. The fourth-order valence-corrected chi connectivity index (χ4v) is 1.13. The molecule has 13 heavy (non-hydrogen) atoms. The van der Waals surface area contributed by atoms with Crippen LogP contribution in [0.25, 0.3) is 0 Å². The van der Waals surface area contributed by atoms with Crippen molar-refractivity contribution in [3.05, 3.63) is 0 Å². The summed E-state index contributed by atoms with van der Waals surface area (Å²) < 4.78 is 0. The van der Waals surface area contributed by atoms with Gasteiger partial charge in [0.1, 0.15) is 5.71 Å².